The number of amides is 1. The van der Waals surface area contributed by atoms with Crippen molar-refractivity contribution in [2.24, 2.45) is 11.7 Å². The molecule has 2 unspecified atom stereocenters. The number of anilines is 1. The summed E-state index contributed by atoms with van der Waals surface area (Å²) in [5.41, 5.74) is 8.94. The number of carbonyl (C=O) groups is 1. The van der Waals surface area contributed by atoms with Gasteiger partial charge in [-0.1, -0.05) is 49.4 Å². The molecular weight excluding hydrogens is 376 g/mol. The lowest BCUT2D eigenvalue weighted by Crippen LogP contribution is -2.30. The average Bonchev–Trinajstić information content (AvgIpc) is 2.67. The van der Waals surface area contributed by atoms with Gasteiger partial charge in [0.2, 0.25) is 5.91 Å². The number of hydrogen-bond donors (Lipinski definition) is 2. The summed E-state index contributed by atoms with van der Waals surface area (Å²) >= 11 is 0. The number of ether oxygens (including phenoxy) is 2. The van der Waals surface area contributed by atoms with Gasteiger partial charge in [0.15, 0.2) is 0 Å². The van der Waals surface area contributed by atoms with Crippen LogP contribution in [0.25, 0.3) is 0 Å². The second-order valence-corrected chi connectivity index (χ2v) is 6.89. The third-order valence-electron chi connectivity index (χ3n) is 4.28. The number of rotatable bonds is 10. The van der Waals surface area contributed by atoms with E-state index in [1.54, 1.807) is 0 Å². The molecule has 0 radical (unpaired) electrons. The van der Waals surface area contributed by atoms with Crippen molar-refractivity contribution in [1.29, 1.82) is 0 Å². The molecule has 28 heavy (non-hydrogen) atoms. The first kappa shape index (κ1) is 24.1. The number of hydrogen-bond acceptors (Lipinski definition) is 4. The molecule has 3 N–H and O–H groups in total. The van der Waals surface area contributed by atoms with Crippen molar-refractivity contribution in [3.8, 4) is 0 Å². The Morgan fingerprint density at radius 2 is 1.75 bits per heavy atom. The third kappa shape index (κ3) is 7.98. The van der Waals surface area contributed by atoms with Crippen LogP contribution < -0.4 is 11.1 Å². The fourth-order valence-corrected chi connectivity index (χ4v) is 2.65. The summed E-state index contributed by atoms with van der Waals surface area (Å²) < 4.78 is 11.1. The Kier molecular flexibility index (Phi) is 10.8. The highest BCUT2D eigenvalue weighted by molar-refractivity contribution is 5.92. The number of halogens is 1. The van der Waals surface area contributed by atoms with E-state index >= 15 is 0 Å². The van der Waals surface area contributed by atoms with E-state index in [1.807, 2.05) is 75.4 Å². The Labute approximate surface area is 174 Å². The summed E-state index contributed by atoms with van der Waals surface area (Å²) in [5.74, 6) is -0.449. The Hall–Kier alpha value is -1.92. The molecule has 0 aliphatic heterocycles. The van der Waals surface area contributed by atoms with Crippen molar-refractivity contribution in [2.45, 2.75) is 39.5 Å². The van der Waals surface area contributed by atoms with Crippen LogP contribution in [0.1, 0.15) is 37.9 Å². The molecule has 2 rings (SSSR count). The van der Waals surface area contributed by atoms with E-state index in [2.05, 4.69) is 5.32 Å². The van der Waals surface area contributed by atoms with E-state index in [9.17, 15) is 4.79 Å². The van der Waals surface area contributed by atoms with Crippen LogP contribution in [0.5, 0.6) is 0 Å². The van der Waals surface area contributed by atoms with Gasteiger partial charge in [-0.2, -0.15) is 0 Å². The Bertz CT molecular complexity index is 710. The SMILES string of the molecule is CC(C)OCCOCc1cccc(NC(=O)C(C)C(N)c2ccccc2)c1.Cl. The summed E-state index contributed by atoms with van der Waals surface area (Å²) in [6.45, 7) is 7.42. The molecule has 6 heteroatoms. The zero-order valence-corrected chi connectivity index (χ0v) is 17.6. The van der Waals surface area contributed by atoms with Crippen LogP contribution in [0.15, 0.2) is 54.6 Å². The van der Waals surface area contributed by atoms with E-state index in [0.717, 1.165) is 16.8 Å². The molecular formula is C22H31ClN2O3. The third-order valence-corrected chi connectivity index (χ3v) is 4.28. The molecule has 5 nitrogen and oxygen atoms in total. The van der Waals surface area contributed by atoms with Crippen LogP contribution in [0, 0.1) is 5.92 Å². The Morgan fingerprint density at radius 1 is 1.04 bits per heavy atom. The number of nitrogens with one attached hydrogen (secondary N) is 1. The molecule has 0 aliphatic rings. The molecule has 2 atom stereocenters. The quantitative estimate of drug-likeness (QED) is 0.576. The normalized spacial score (nSPS) is 12.9. The van der Waals surface area contributed by atoms with Crippen LogP contribution in [0.4, 0.5) is 5.69 Å². The first-order valence-electron chi connectivity index (χ1n) is 9.37. The predicted molar refractivity (Wildman–Crippen MR) is 116 cm³/mol. The second kappa shape index (κ2) is 12.5. The molecule has 0 aromatic heterocycles. The van der Waals surface area contributed by atoms with Crippen LogP contribution in [-0.2, 0) is 20.9 Å². The van der Waals surface area contributed by atoms with Gasteiger partial charge in [0.25, 0.3) is 0 Å². The molecule has 2 aromatic rings. The molecule has 0 spiro atoms. The highest BCUT2D eigenvalue weighted by Crippen LogP contribution is 2.21. The summed E-state index contributed by atoms with van der Waals surface area (Å²) in [6, 6.07) is 17.0. The predicted octanol–water partition coefficient (Wildman–Crippen LogP) is 4.32. The van der Waals surface area contributed by atoms with Crippen LogP contribution in [0.2, 0.25) is 0 Å². The minimum absolute atomic E-state index is 0. The molecule has 0 aliphatic carbocycles. The van der Waals surface area contributed by atoms with Crippen molar-refractivity contribution in [1.82, 2.24) is 0 Å². The molecule has 0 fully saturated rings. The van der Waals surface area contributed by atoms with E-state index in [0.29, 0.717) is 19.8 Å². The molecule has 1 amide bonds. The lowest BCUT2D eigenvalue weighted by atomic mass is 9.94. The average molecular weight is 407 g/mol. The minimum atomic E-state index is -0.348. The summed E-state index contributed by atoms with van der Waals surface area (Å²) in [7, 11) is 0. The summed E-state index contributed by atoms with van der Waals surface area (Å²) in [5, 5.41) is 2.95. The highest BCUT2D eigenvalue weighted by Gasteiger charge is 2.22. The zero-order valence-electron chi connectivity index (χ0n) is 16.8. The Balaban J connectivity index is 0.00000392. The number of benzene rings is 2. The van der Waals surface area contributed by atoms with Gasteiger partial charge >= 0.3 is 0 Å². The first-order valence-corrected chi connectivity index (χ1v) is 9.37. The maximum Gasteiger partial charge on any atom is 0.229 e. The van der Waals surface area contributed by atoms with Crippen LogP contribution in [-0.4, -0.2) is 25.2 Å². The van der Waals surface area contributed by atoms with E-state index in [1.165, 1.54) is 0 Å². The number of nitrogens with two attached hydrogens (primary N) is 1. The maximum atomic E-state index is 12.6. The van der Waals surface area contributed by atoms with Gasteiger partial charge in [0, 0.05) is 11.7 Å². The second-order valence-electron chi connectivity index (χ2n) is 6.89. The summed E-state index contributed by atoms with van der Waals surface area (Å²) in [6.07, 6.45) is 0.205. The fourth-order valence-electron chi connectivity index (χ4n) is 2.65. The van der Waals surface area contributed by atoms with Crippen molar-refractivity contribution in [2.75, 3.05) is 18.5 Å². The lowest BCUT2D eigenvalue weighted by molar-refractivity contribution is -0.120. The van der Waals surface area contributed by atoms with Gasteiger partial charge in [-0.25, -0.2) is 0 Å². The first-order chi connectivity index (χ1) is 13.0. The summed E-state index contributed by atoms with van der Waals surface area (Å²) in [4.78, 5) is 12.6. The van der Waals surface area contributed by atoms with Gasteiger partial charge < -0.3 is 20.5 Å². The van der Waals surface area contributed by atoms with Crippen molar-refractivity contribution < 1.29 is 14.3 Å². The molecule has 0 heterocycles. The molecule has 0 saturated heterocycles. The van der Waals surface area contributed by atoms with Gasteiger partial charge in [-0.3, -0.25) is 4.79 Å². The van der Waals surface area contributed by atoms with Crippen molar-refractivity contribution in [3.63, 3.8) is 0 Å². The van der Waals surface area contributed by atoms with Crippen LogP contribution >= 0.6 is 12.4 Å². The largest absolute Gasteiger partial charge is 0.376 e. The van der Waals surface area contributed by atoms with Crippen LogP contribution in [0.3, 0.4) is 0 Å². The lowest BCUT2D eigenvalue weighted by Gasteiger charge is -2.20. The standard InChI is InChI=1S/C22H30N2O3.ClH/c1-16(2)27-13-12-26-15-18-8-7-11-20(14-18)24-22(25)17(3)21(23)19-9-5-4-6-10-19;/h4-11,14,16-17,21H,12-13,15,23H2,1-3H3,(H,24,25);1H. The molecule has 154 valence electrons. The van der Waals surface area contributed by atoms with E-state index < -0.39 is 0 Å². The van der Waals surface area contributed by atoms with E-state index in [-0.39, 0.29) is 36.4 Å². The van der Waals surface area contributed by atoms with E-state index in [4.69, 9.17) is 15.2 Å². The monoisotopic (exact) mass is 406 g/mol. The van der Waals surface area contributed by atoms with Gasteiger partial charge in [-0.05, 0) is 37.1 Å². The minimum Gasteiger partial charge on any atom is -0.376 e. The topological polar surface area (TPSA) is 73.6 Å². The van der Waals surface area contributed by atoms with Gasteiger partial charge in [0.05, 0.1) is 31.8 Å². The van der Waals surface area contributed by atoms with Gasteiger partial charge in [0.1, 0.15) is 0 Å². The molecule has 0 bridgehead atoms. The maximum absolute atomic E-state index is 12.6. The zero-order chi connectivity index (χ0) is 19.6. The highest BCUT2D eigenvalue weighted by atomic mass is 35.5. The van der Waals surface area contributed by atoms with Crippen molar-refractivity contribution >= 4 is 24.0 Å². The molecule has 0 saturated carbocycles. The number of carbonyl (C=O) groups excluding carboxylic acids is 1. The fraction of sp³-hybridized carbons (Fsp3) is 0.409. The van der Waals surface area contributed by atoms with Crippen molar-refractivity contribution in [3.05, 3.63) is 65.7 Å². The van der Waals surface area contributed by atoms with Gasteiger partial charge in [-0.15, -0.1) is 12.4 Å². The smallest absolute Gasteiger partial charge is 0.229 e. The molecule has 2 aromatic carbocycles. The Morgan fingerprint density at radius 3 is 2.43 bits per heavy atom.